The minimum Gasteiger partial charge on any atom is -0.480 e. The van der Waals surface area contributed by atoms with Gasteiger partial charge in [0, 0.05) is 6.54 Å². The number of benzene rings is 1. The fourth-order valence-electron chi connectivity index (χ4n) is 1.38. The van der Waals surface area contributed by atoms with Crippen LogP contribution in [-0.4, -0.2) is 29.1 Å². The molecule has 0 radical (unpaired) electrons. The van der Waals surface area contributed by atoms with Crippen molar-refractivity contribution >= 4 is 5.97 Å². The standard InChI is InChI=1S/C12H12FNO2/c1-2-6-14(9-12(15)16)8-10-4-3-5-11(13)7-10/h1,3-5,7H,6,8-9H2,(H,15,16). The van der Waals surface area contributed by atoms with Crippen molar-refractivity contribution in [2.24, 2.45) is 0 Å². The van der Waals surface area contributed by atoms with E-state index in [9.17, 15) is 9.18 Å². The Kier molecular flexibility index (Phi) is 4.49. The number of nitrogens with zero attached hydrogens (tertiary/aromatic N) is 1. The molecule has 16 heavy (non-hydrogen) atoms. The topological polar surface area (TPSA) is 40.5 Å². The maximum absolute atomic E-state index is 12.9. The zero-order valence-corrected chi connectivity index (χ0v) is 8.69. The number of halogens is 1. The van der Waals surface area contributed by atoms with Crippen molar-refractivity contribution in [1.29, 1.82) is 0 Å². The summed E-state index contributed by atoms with van der Waals surface area (Å²) in [6, 6.07) is 6.02. The van der Waals surface area contributed by atoms with Crippen LogP contribution < -0.4 is 0 Å². The van der Waals surface area contributed by atoms with Gasteiger partial charge in [-0.3, -0.25) is 9.69 Å². The Morgan fingerprint density at radius 2 is 2.31 bits per heavy atom. The van der Waals surface area contributed by atoms with Crippen molar-refractivity contribution in [1.82, 2.24) is 4.90 Å². The van der Waals surface area contributed by atoms with Crippen LogP contribution in [0.2, 0.25) is 0 Å². The number of aliphatic carboxylic acids is 1. The molecule has 0 aliphatic rings. The normalized spacial score (nSPS) is 10.1. The Morgan fingerprint density at radius 1 is 1.56 bits per heavy atom. The Bertz CT molecular complexity index is 412. The van der Waals surface area contributed by atoms with Gasteiger partial charge in [0.2, 0.25) is 0 Å². The molecule has 0 saturated carbocycles. The maximum atomic E-state index is 12.9. The maximum Gasteiger partial charge on any atom is 0.317 e. The summed E-state index contributed by atoms with van der Waals surface area (Å²) in [7, 11) is 0. The second-order valence-electron chi connectivity index (χ2n) is 3.37. The van der Waals surface area contributed by atoms with Crippen LogP contribution in [0.4, 0.5) is 4.39 Å². The largest absolute Gasteiger partial charge is 0.480 e. The summed E-state index contributed by atoms with van der Waals surface area (Å²) >= 11 is 0. The highest BCUT2D eigenvalue weighted by Crippen LogP contribution is 2.06. The molecule has 0 amide bonds. The van der Waals surface area contributed by atoms with Gasteiger partial charge in [-0.2, -0.15) is 0 Å². The highest BCUT2D eigenvalue weighted by molar-refractivity contribution is 5.69. The van der Waals surface area contributed by atoms with E-state index < -0.39 is 5.97 Å². The van der Waals surface area contributed by atoms with Gasteiger partial charge < -0.3 is 5.11 Å². The van der Waals surface area contributed by atoms with Crippen LogP contribution in [-0.2, 0) is 11.3 Å². The van der Waals surface area contributed by atoms with Crippen LogP contribution in [0.5, 0.6) is 0 Å². The van der Waals surface area contributed by atoms with Gasteiger partial charge in [0.15, 0.2) is 0 Å². The summed E-state index contributed by atoms with van der Waals surface area (Å²) in [6.45, 7) is 0.401. The second kappa shape index (κ2) is 5.89. The number of carbonyl (C=O) groups is 1. The summed E-state index contributed by atoms with van der Waals surface area (Å²) in [5.74, 6) is 1.09. The first-order valence-corrected chi connectivity index (χ1v) is 4.74. The summed E-state index contributed by atoms with van der Waals surface area (Å²) in [6.07, 6.45) is 5.13. The summed E-state index contributed by atoms with van der Waals surface area (Å²) < 4.78 is 12.9. The third-order valence-electron chi connectivity index (χ3n) is 1.97. The minimum atomic E-state index is -0.952. The smallest absolute Gasteiger partial charge is 0.317 e. The van der Waals surface area contributed by atoms with E-state index in [-0.39, 0.29) is 18.9 Å². The van der Waals surface area contributed by atoms with Gasteiger partial charge in [-0.15, -0.1) is 6.42 Å². The van der Waals surface area contributed by atoms with Gasteiger partial charge >= 0.3 is 5.97 Å². The lowest BCUT2D eigenvalue weighted by Gasteiger charge is -2.17. The average Bonchev–Trinajstić information content (AvgIpc) is 2.16. The predicted molar refractivity (Wildman–Crippen MR) is 58.1 cm³/mol. The van der Waals surface area contributed by atoms with Crippen LogP contribution >= 0.6 is 0 Å². The number of carboxylic acid groups (broad SMARTS) is 1. The number of terminal acetylenes is 1. The molecule has 0 aliphatic heterocycles. The lowest BCUT2D eigenvalue weighted by Crippen LogP contribution is -2.29. The van der Waals surface area contributed by atoms with E-state index in [2.05, 4.69) is 5.92 Å². The first-order chi connectivity index (χ1) is 7.61. The van der Waals surface area contributed by atoms with Crippen LogP contribution in [0.25, 0.3) is 0 Å². The van der Waals surface area contributed by atoms with E-state index in [1.54, 1.807) is 17.0 Å². The monoisotopic (exact) mass is 221 g/mol. The average molecular weight is 221 g/mol. The first kappa shape index (κ1) is 12.2. The number of hydrogen-bond donors (Lipinski definition) is 1. The molecule has 0 atom stereocenters. The SMILES string of the molecule is C#CCN(CC(=O)O)Cc1cccc(F)c1. The molecule has 3 nitrogen and oxygen atoms in total. The highest BCUT2D eigenvalue weighted by atomic mass is 19.1. The van der Waals surface area contributed by atoms with Crippen LogP contribution in [0.1, 0.15) is 5.56 Å². The Hall–Kier alpha value is -1.86. The van der Waals surface area contributed by atoms with Gasteiger partial charge in [0.25, 0.3) is 0 Å². The van der Waals surface area contributed by atoms with Crippen molar-refractivity contribution in [3.63, 3.8) is 0 Å². The van der Waals surface area contributed by atoms with Crippen LogP contribution in [0.15, 0.2) is 24.3 Å². The fourth-order valence-corrected chi connectivity index (χ4v) is 1.38. The first-order valence-electron chi connectivity index (χ1n) is 4.74. The van der Waals surface area contributed by atoms with Gasteiger partial charge in [0.05, 0.1) is 13.1 Å². The molecule has 0 bridgehead atoms. The van der Waals surface area contributed by atoms with Crippen LogP contribution in [0, 0.1) is 18.2 Å². The molecule has 0 aromatic heterocycles. The molecular weight excluding hydrogens is 209 g/mol. The molecule has 1 aromatic rings. The number of carboxylic acids is 1. The van der Waals surface area contributed by atoms with Gasteiger partial charge in [-0.1, -0.05) is 18.1 Å². The third kappa shape index (κ3) is 4.11. The number of rotatable bonds is 5. The molecule has 0 spiro atoms. The molecule has 0 aliphatic carbocycles. The Labute approximate surface area is 93.5 Å². The van der Waals surface area contributed by atoms with Gasteiger partial charge in [-0.05, 0) is 17.7 Å². The van der Waals surface area contributed by atoms with Crippen molar-refractivity contribution in [3.8, 4) is 12.3 Å². The van der Waals surface area contributed by atoms with Crippen LogP contribution in [0.3, 0.4) is 0 Å². The predicted octanol–water partition coefficient (Wildman–Crippen LogP) is 1.35. The fraction of sp³-hybridized carbons (Fsp3) is 0.250. The zero-order chi connectivity index (χ0) is 12.0. The molecule has 0 unspecified atom stereocenters. The third-order valence-corrected chi connectivity index (χ3v) is 1.97. The molecule has 0 saturated heterocycles. The molecule has 0 heterocycles. The van der Waals surface area contributed by atoms with Crippen molar-refractivity contribution in [2.75, 3.05) is 13.1 Å². The lowest BCUT2D eigenvalue weighted by atomic mass is 10.2. The summed E-state index contributed by atoms with van der Waals surface area (Å²) in [5, 5.41) is 8.66. The zero-order valence-electron chi connectivity index (χ0n) is 8.69. The molecule has 0 fully saturated rings. The molecule has 1 aromatic carbocycles. The van der Waals surface area contributed by atoms with E-state index in [1.807, 2.05) is 0 Å². The molecule has 84 valence electrons. The number of hydrogen-bond acceptors (Lipinski definition) is 2. The minimum absolute atomic E-state index is 0.152. The summed E-state index contributed by atoms with van der Waals surface area (Å²) in [5.41, 5.74) is 0.705. The van der Waals surface area contributed by atoms with E-state index in [4.69, 9.17) is 11.5 Å². The van der Waals surface area contributed by atoms with E-state index in [0.717, 1.165) is 0 Å². The lowest BCUT2D eigenvalue weighted by molar-refractivity contribution is -0.138. The van der Waals surface area contributed by atoms with Gasteiger partial charge in [0.1, 0.15) is 5.82 Å². The highest BCUT2D eigenvalue weighted by Gasteiger charge is 2.09. The van der Waals surface area contributed by atoms with Crippen molar-refractivity contribution < 1.29 is 14.3 Å². The van der Waals surface area contributed by atoms with E-state index in [1.165, 1.54) is 12.1 Å². The quantitative estimate of drug-likeness (QED) is 0.763. The summed E-state index contributed by atoms with van der Waals surface area (Å²) in [4.78, 5) is 12.1. The Balaban J connectivity index is 2.68. The second-order valence-corrected chi connectivity index (χ2v) is 3.37. The molecule has 1 rings (SSSR count). The van der Waals surface area contributed by atoms with E-state index >= 15 is 0 Å². The van der Waals surface area contributed by atoms with Gasteiger partial charge in [-0.25, -0.2) is 4.39 Å². The van der Waals surface area contributed by atoms with Crippen molar-refractivity contribution in [3.05, 3.63) is 35.6 Å². The van der Waals surface area contributed by atoms with E-state index in [0.29, 0.717) is 12.1 Å². The molecular formula is C12H12FNO2. The molecule has 4 heteroatoms. The van der Waals surface area contributed by atoms with Crippen molar-refractivity contribution in [2.45, 2.75) is 6.54 Å². The Morgan fingerprint density at radius 3 is 2.88 bits per heavy atom. The molecule has 1 N–H and O–H groups in total.